The lowest BCUT2D eigenvalue weighted by molar-refractivity contribution is 0.0762. The Hall–Kier alpha value is -1.30. The molecule has 0 saturated heterocycles. The van der Waals surface area contributed by atoms with Gasteiger partial charge in [-0.2, -0.15) is 0 Å². The maximum absolute atomic E-state index is 12.5. The van der Waals surface area contributed by atoms with E-state index in [4.69, 9.17) is 0 Å². The lowest BCUT2D eigenvalue weighted by atomic mass is 10.2. The SMILES string of the molecule is CCN(CC)C(=O)c1cccn1Cc1ccccc1I. The van der Waals surface area contributed by atoms with Crippen LogP contribution in [0.1, 0.15) is 29.9 Å². The third kappa shape index (κ3) is 3.23. The summed E-state index contributed by atoms with van der Waals surface area (Å²) in [6.45, 7) is 6.23. The molecule has 106 valence electrons. The molecule has 1 aromatic carbocycles. The van der Waals surface area contributed by atoms with Crippen molar-refractivity contribution in [2.24, 2.45) is 0 Å². The van der Waals surface area contributed by atoms with Crippen molar-refractivity contribution in [1.82, 2.24) is 9.47 Å². The fourth-order valence-electron chi connectivity index (χ4n) is 2.23. The Morgan fingerprint density at radius 1 is 1.15 bits per heavy atom. The van der Waals surface area contributed by atoms with Crippen molar-refractivity contribution < 1.29 is 4.79 Å². The molecular formula is C16H19IN2O. The summed E-state index contributed by atoms with van der Waals surface area (Å²) in [6, 6.07) is 12.1. The number of benzene rings is 1. The fourth-order valence-corrected chi connectivity index (χ4v) is 2.79. The monoisotopic (exact) mass is 382 g/mol. The summed E-state index contributed by atoms with van der Waals surface area (Å²) in [6.07, 6.45) is 1.97. The molecule has 0 aliphatic heterocycles. The molecule has 1 heterocycles. The van der Waals surface area contributed by atoms with E-state index < -0.39 is 0 Å². The molecule has 20 heavy (non-hydrogen) atoms. The van der Waals surface area contributed by atoms with Gasteiger partial charge in [-0.25, -0.2) is 0 Å². The Kier molecular flexibility index (Phi) is 5.23. The first-order valence-corrected chi connectivity index (χ1v) is 7.93. The van der Waals surface area contributed by atoms with Crippen LogP contribution in [0.15, 0.2) is 42.6 Å². The second-order valence-corrected chi connectivity index (χ2v) is 5.75. The van der Waals surface area contributed by atoms with Gasteiger partial charge in [0.1, 0.15) is 5.69 Å². The van der Waals surface area contributed by atoms with E-state index in [2.05, 4.69) is 34.7 Å². The van der Waals surface area contributed by atoms with Gasteiger partial charge in [0, 0.05) is 29.4 Å². The molecule has 0 aliphatic carbocycles. The summed E-state index contributed by atoms with van der Waals surface area (Å²) in [5.41, 5.74) is 1.99. The third-order valence-corrected chi connectivity index (χ3v) is 4.45. The van der Waals surface area contributed by atoms with Crippen molar-refractivity contribution in [2.45, 2.75) is 20.4 Å². The predicted molar refractivity (Wildman–Crippen MR) is 89.9 cm³/mol. The molecule has 0 saturated carbocycles. The molecule has 0 atom stereocenters. The molecule has 0 spiro atoms. The molecular weight excluding hydrogens is 363 g/mol. The summed E-state index contributed by atoms with van der Waals surface area (Å²) in [5.74, 6) is 0.103. The highest BCUT2D eigenvalue weighted by Crippen LogP contribution is 2.15. The van der Waals surface area contributed by atoms with Crippen molar-refractivity contribution >= 4 is 28.5 Å². The largest absolute Gasteiger partial charge is 0.339 e. The summed E-state index contributed by atoms with van der Waals surface area (Å²) in [7, 11) is 0. The molecule has 4 heteroatoms. The van der Waals surface area contributed by atoms with Crippen molar-refractivity contribution in [2.75, 3.05) is 13.1 Å². The van der Waals surface area contributed by atoms with Crippen molar-refractivity contribution in [3.8, 4) is 0 Å². The van der Waals surface area contributed by atoms with E-state index in [-0.39, 0.29) is 5.91 Å². The predicted octanol–water partition coefficient (Wildman–Crippen LogP) is 3.62. The maximum atomic E-state index is 12.5. The minimum Gasteiger partial charge on any atom is -0.339 e. The number of rotatable bonds is 5. The second kappa shape index (κ2) is 6.92. The van der Waals surface area contributed by atoms with Crippen LogP contribution in [-0.4, -0.2) is 28.5 Å². The van der Waals surface area contributed by atoms with Gasteiger partial charge in [0.15, 0.2) is 0 Å². The minimum absolute atomic E-state index is 0.103. The third-order valence-electron chi connectivity index (χ3n) is 3.40. The molecule has 1 aromatic heterocycles. The number of halogens is 1. The van der Waals surface area contributed by atoms with Gasteiger partial charge in [-0.3, -0.25) is 4.79 Å². The van der Waals surface area contributed by atoms with Crippen molar-refractivity contribution in [3.05, 3.63) is 57.4 Å². The number of nitrogens with zero attached hydrogens (tertiary/aromatic N) is 2. The Bertz CT molecular complexity index is 588. The molecule has 0 aliphatic rings. The highest BCUT2D eigenvalue weighted by Gasteiger charge is 2.16. The summed E-state index contributed by atoms with van der Waals surface area (Å²) >= 11 is 2.33. The molecule has 0 fully saturated rings. The van der Waals surface area contributed by atoms with Crippen molar-refractivity contribution in [1.29, 1.82) is 0 Å². The highest BCUT2D eigenvalue weighted by molar-refractivity contribution is 14.1. The van der Waals surface area contributed by atoms with Crippen LogP contribution in [0, 0.1) is 3.57 Å². The van der Waals surface area contributed by atoms with E-state index >= 15 is 0 Å². The topological polar surface area (TPSA) is 25.2 Å². The van der Waals surface area contributed by atoms with Gasteiger partial charge in [-0.1, -0.05) is 18.2 Å². The minimum atomic E-state index is 0.103. The Morgan fingerprint density at radius 2 is 1.85 bits per heavy atom. The highest BCUT2D eigenvalue weighted by atomic mass is 127. The zero-order valence-electron chi connectivity index (χ0n) is 11.8. The van der Waals surface area contributed by atoms with Crippen molar-refractivity contribution in [3.63, 3.8) is 0 Å². The van der Waals surface area contributed by atoms with Crippen LogP contribution in [0.3, 0.4) is 0 Å². The van der Waals surface area contributed by atoms with Gasteiger partial charge in [0.05, 0.1) is 0 Å². The van der Waals surface area contributed by atoms with Crippen LogP contribution < -0.4 is 0 Å². The zero-order chi connectivity index (χ0) is 14.5. The normalized spacial score (nSPS) is 10.6. The lowest BCUT2D eigenvalue weighted by Crippen LogP contribution is -2.32. The quantitative estimate of drug-likeness (QED) is 0.726. The Morgan fingerprint density at radius 3 is 2.50 bits per heavy atom. The Balaban J connectivity index is 2.25. The molecule has 0 unspecified atom stereocenters. The van der Waals surface area contributed by atoms with Crippen LogP contribution in [0.5, 0.6) is 0 Å². The number of aromatic nitrogens is 1. The molecule has 0 N–H and O–H groups in total. The molecule has 0 bridgehead atoms. The van der Waals surface area contributed by atoms with Crippen LogP contribution in [0.2, 0.25) is 0 Å². The molecule has 3 nitrogen and oxygen atoms in total. The first kappa shape index (κ1) is 15.1. The smallest absolute Gasteiger partial charge is 0.270 e. The number of carbonyl (C=O) groups excluding carboxylic acids is 1. The van der Waals surface area contributed by atoms with E-state index in [9.17, 15) is 4.79 Å². The van der Waals surface area contributed by atoms with Crippen LogP contribution in [0.25, 0.3) is 0 Å². The first-order valence-electron chi connectivity index (χ1n) is 6.85. The van der Waals surface area contributed by atoms with Crippen LogP contribution in [-0.2, 0) is 6.54 Å². The number of hydrogen-bond acceptors (Lipinski definition) is 1. The van der Waals surface area contributed by atoms with E-state index in [1.807, 2.05) is 53.8 Å². The average molecular weight is 382 g/mol. The van der Waals surface area contributed by atoms with Gasteiger partial charge in [0.25, 0.3) is 5.91 Å². The fraction of sp³-hybridized carbons (Fsp3) is 0.312. The Labute approximate surface area is 133 Å². The van der Waals surface area contributed by atoms with Gasteiger partial charge in [0.2, 0.25) is 0 Å². The van der Waals surface area contributed by atoms with E-state index in [0.29, 0.717) is 0 Å². The van der Waals surface area contributed by atoms with Gasteiger partial charge in [-0.15, -0.1) is 0 Å². The van der Waals surface area contributed by atoms with E-state index in [0.717, 1.165) is 25.3 Å². The van der Waals surface area contributed by atoms with Gasteiger partial charge < -0.3 is 9.47 Å². The van der Waals surface area contributed by atoms with Crippen LogP contribution >= 0.6 is 22.6 Å². The number of amides is 1. The second-order valence-electron chi connectivity index (χ2n) is 4.59. The summed E-state index contributed by atoms with van der Waals surface area (Å²) < 4.78 is 3.25. The number of hydrogen-bond donors (Lipinski definition) is 0. The first-order chi connectivity index (χ1) is 9.67. The van der Waals surface area contributed by atoms with Gasteiger partial charge in [-0.05, 0) is 60.2 Å². The number of carbonyl (C=O) groups is 1. The molecule has 0 radical (unpaired) electrons. The molecule has 1 amide bonds. The summed E-state index contributed by atoms with van der Waals surface area (Å²) in [4.78, 5) is 14.3. The van der Waals surface area contributed by atoms with E-state index in [1.54, 1.807) is 0 Å². The maximum Gasteiger partial charge on any atom is 0.270 e. The summed E-state index contributed by atoms with van der Waals surface area (Å²) in [5, 5.41) is 0. The zero-order valence-corrected chi connectivity index (χ0v) is 14.0. The lowest BCUT2D eigenvalue weighted by Gasteiger charge is -2.20. The van der Waals surface area contributed by atoms with E-state index in [1.165, 1.54) is 9.13 Å². The van der Waals surface area contributed by atoms with Crippen LogP contribution in [0.4, 0.5) is 0 Å². The van der Waals surface area contributed by atoms with Gasteiger partial charge >= 0.3 is 0 Å². The molecule has 2 rings (SSSR count). The standard InChI is InChI=1S/C16H19IN2O/c1-3-18(4-2)16(20)15-10-7-11-19(15)12-13-8-5-6-9-14(13)17/h5-11H,3-4,12H2,1-2H3. The average Bonchev–Trinajstić information content (AvgIpc) is 2.91. The molecule has 2 aromatic rings.